The fraction of sp³-hybridized carbons (Fsp3) is 0.318. The van der Waals surface area contributed by atoms with E-state index in [4.69, 9.17) is 11.6 Å². The number of aryl methyl sites for hydroxylation is 1. The van der Waals surface area contributed by atoms with Gasteiger partial charge < -0.3 is 19.9 Å². The van der Waals surface area contributed by atoms with Crippen LogP contribution < -0.4 is 10.7 Å². The maximum Gasteiger partial charge on any atom is 0.275 e. The Hall–Kier alpha value is -3.13. The molecule has 0 unspecified atom stereocenters. The highest BCUT2D eigenvalue weighted by molar-refractivity contribution is 6.22. The molecule has 2 aliphatic heterocycles. The van der Waals surface area contributed by atoms with Crippen LogP contribution in [0.25, 0.3) is 0 Å². The molecule has 162 valence electrons. The first-order valence-corrected chi connectivity index (χ1v) is 10.3. The molecule has 31 heavy (non-hydrogen) atoms. The molecule has 9 heteroatoms. The number of hydrogen-bond donors (Lipinski definition) is 2. The molecule has 0 saturated carbocycles. The lowest BCUT2D eigenvalue weighted by Crippen LogP contribution is -2.48. The Bertz CT molecular complexity index is 1180. The van der Waals surface area contributed by atoms with Crippen molar-refractivity contribution < 1.29 is 19.1 Å². The number of aromatic hydroxyl groups is 1. The number of fused-ring (bicyclic) bond motifs is 4. The van der Waals surface area contributed by atoms with E-state index >= 15 is 0 Å². The summed E-state index contributed by atoms with van der Waals surface area (Å²) in [5, 5.41) is 12.5. The third kappa shape index (κ3) is 3.61. The van der Waals surface area contributed by atoms with E-state index in [9.17, 15) is 23.9 Å². The van der Waals surface area contributed by atoms with Gasteiger partial charge in [0.05, 0.1) is 11.4 Å². The molecule has 2 amide bonds. The molecular formula is C22H21ClFN3O4. The number of halogens is 2. The van der Waals surface area contributed by atoms with Crippen LogP contribution in [0.4, 0.5) is 4.39 Å². The van der Waals surface area contributed by atoms with Crippen LogP contribution >= 0.6 is 11.6 Å². The van der Waals surface area contributed by atoms with Crippen molar-refractivity contribution in [3.8, 4) is 5.75 Å². The molecule has 1 aromatic carbocycles. The first-order valence-electron chi connectivity index (χ1n) is 9.83. The summed E-state index contributed by atoms with van der Waals surface area (Å²) in [6.45, 7) is 3.70. The lowest BCUT2D eigenvalue weighted by atomic mass is 10.1. The number of allylic oxidation sites excluding steroid dienone is 1. The van der Waals surface area contributed by atoms with Gasteiger partial charge in [0.1, 0.15) is 11.4 Å². The quantitative estimate of drug-likeness (QED) is 0.561. The van der Waals surface area contributed by atoms with Gasteiger partial charge in [0.2, 0.25) is 5.43 Å². The van der Waals surface area contributed by atoms with Crippen LogP contribution in [0.5, 0.6) is 5.75 Å². The Labute approximate surface area is 182 Å². The van der Waals surface area contributed by atoms with E-state index in [1.54, 1.807) is 31.2 Å². The van der Waals surface area contributed by atoms with Crippen molar-refractivity contribution in [2.24, 2.45) is 0 Å². The number of nitrogens with zero attached hydrogens (tertiary/aromatic N) is 2. The van der Waals surface area contributed by atoms with Crippen LogP contribution in [0.1, 0.15) is 44.9 Å². The van der Waals surface area contributed by atoms with Gasteiger partial charge in [-0.1, -0.05) is 24.3 Å². The highest BCUT2D eigenvalue weighted by Gasteiger charge is 2.40. The Kier molecular flexibility index (Phi) is 5.35. The van der Waals surface area contributed by atoms with E-state index in [-0.39, 0.29) is 36.0 Å². The monoisotopic (exact) mass is 445 g/mol. The van der Waals surface area contributed by atoms with Gasteiger partial charge in [0.25, 0.3) is 11.8 Å². The van der Waals surface area contributed by atoms with Crippen LogP contribution in [0.15, 0.2) is 41.3 Å². The van der Waals surface area contributed by atoms with Crippen molar-refractivity contribution in [3.63, 3.8) is 0 Å². The second-order valence-electron chi connectivity index (χ2n) is 7.85. The van der Waals surface area contributed by atoms with Gasteiger partial charge >= 0.3 is 0 Å². The average molecular weight is 446 g/mol. The minimum absolute atomic E-state index is 0.137. The zero-order valence-corrected chi connectivity index (χ0v) is 17.7. The number of nitrogens with one attached hydrogen (secondary N) is 1. The number of rotatable bonds is 3. The lowest BCUT2D eigenvalue weighted by molar-refractivity contribution is 0.0631. The highest BCUT2D eigenvalue weighted by atomic mass is 35.5. The van der Waals surface area contributed by atoms with Crippen LogP contribution in [0, 0.1) is 12.7 Å². The van der Waals surface area contributed by atoms with Crippen LogP contribution in [-0.4, -0.2) is 44.4 Å². The second-order valence-corrected chi connectivity index (χ2v) is 8.35. The van der Waals surface area contributed by atoms with Crippen molar-refractivity contribution >= 4 is 23.4 Å². The van der Waals surface area contributed by atoms with E-state index in [0.717, 1.165) is 5.56 Å². The predicted octanol–water partition coefficient (Wildman–Crippen LogP) is 2.49. The molecule has 1 aromatic heterocycles. The van der Waals surface area contributed by atoms with Crippen LogP contribution in [0.2, 0.25) is 0 Å². The molecular weight excluding hydrogens is 425 g/mol. The standard InChI is InChI=1S/C22H21ClFN3O4/c1-11-3-5-13(16(24)7-11)8-25-21(30)14-9-27-17-10-26(12(2)4-6-15(17)23)22(31)18(27)20(29)19(14)28/h3-7,9,12,15,17,29H,8,10H2,1-2H3,(H,25,30)/t12-,15+,17+/m0/s1. The molecule has 2 aliphatic rings. The fourth-order valence-electron chi connectivity index (χ4n) is 3.93. The van der Waals surface area contributed by atoms with Crippen LogP contribution in [-0.2, 0) is 6.54 Å². The first-order chi connectivity index (χ1) is 14.7. The Morgan fingerprint density at radius 2 is 2.06 bits per heavy atom. The maximum atomic E-state index is 14.0. The molecule has 2 N–H and O–H groups in total. The molecule has 0 fully saturated rings. The third-order valence-electron chi connectivity index (χ3n) is 5.74. The van der Waals surface area contributed by atoms with Crippen LogP contribution in [0.3, 0.4) is 0 Å². The predicted molar refractivity (Wildman–Crippen MR) is 113 cm³/mol. The summed E-state index contributed by atoms with van der Waals surface area (Å²) in [4.78, 5) is 39.9. The number of benzene rings is 1. The summed E-state index contributed by atoms with van der Waals surface area (Å²) in [5.41, 5.74) is -0.501. The van der Waals surface area contributed by atoms with Crippen molar-refractivity contribution in [1.82, 2.24) is 14.8 Å². The average Bonchev–Trinajstić information content (AvgIpc) is 2.85. The van der Waals surface area contributed by atoms with Gasteiger partial charge in [0.15, 0.2) is 11.4 Å². The molecule has 2 aromatic rings. The normalized spacial score (nSPS) is 22.1. The van der Waals surface area contributed by atoms with Crippen molar-refractivity contribution in [3.05, 3.63) is 75.0 Å². The summed E-state index contributed by atoms with van der Waals surface area (Å²) < 4.78 is 15.4. The smallest absolute Gasteiger partial charge is 0.275 e. The van der Waals surface area contributed by atoms with E-state index in [1.165, 1.54) is 21.7 Å². The molecule has 3 heterocycles. The molecule has 0 radical (unpaired) electrons. The van der Waals surface area contributed by atoms with Gasteiger partial charge in [-0.3, -0.25) is 14.4 Å². The van der Waals surface area contributed by atoms with Gasteiger partial charge in [-0.25, -0.2) is 4.39 Å². The zero-order chi connectivity index (χ0) is 22.4. The van der Waals surface area contributed by atoms with Gasteiger partial charge in [-0.2, -0.15) is 0 Å². The number of carbonyl (C=O) groups excluding carboxylic acids is 2. The third-order valence-corrected chi connectivity index (χ3v) is 6.18. The van der Waals surface area contributed by atoms with Gasteiger partial charge in [-0.05, 0) is 25.5 Å². The largest absolute Gasteiger partial charge is 0.503 e. The summed E-state index contributed by atoms with van der Waals surface area (Å²) in [6, 6.07) is 3.88. The van der Waals surface area contributed by atoms with Gasteiger partial charge in [-0.15, -0.1) is 11.6 Å². The lowest BCUT2D eigenvalue weighted by Gasteiger charge is -2.38. The topological polar surface area (TPSA) is 91.6 Å². The van der Waals surface area contributed by atoms with Crippen molar-refractivity contribution in [2.75, 3.05) is 6.54 Å². The number of alkyl halides is 1. The molecule has 0 saturated heterocycles. The summed E-state index contributed by atoms with van der Waals surface area (Å²) in [5.74, 6) is -2.57. The Morgan fingerprint density at radius 1 is 1.32 bits per heavy atom. The van der Waals surface area contributed by atoms with E-state index in [0.29, 0.717) is 0 Å². The Balaban J connectivity index is 1.70. The Morgan fingerprint density at radius 3 is 2.77 bits per heavy atom. The number of carbonyl (C=O) groups is 2. The number of pyridine rings is 1. The van der Waals surface area contributed by atoms with E-state index in [2.05, 4.69) is 5.32 Å². The molecule has 3 atom stereocenters. The minimum Gasteiger partial charge on any atom is -0.503 e. The first kappa shape index (κ1) is 21.1. The van der Waals surface area contributed by atoms with Crippen molar-refractivity contribution in [2.45, 2.75) is 37.9 Å². The minimum atomic E-state index is -0.965. The van der Waals surface area contributed by atoms with E-state index in [1.807, 2.05) is 6.92 Å². The van der Waals surface area contributed by atoms with Gasteiger partial charge in [0, 0.05) is 30.9 Å². The molecule has 4 rings (SSSR count). The van der Waals surface area contributed by atoms with Crippen molar-refractivity contribution in [1.29, 1.82) is 0 Å². The molecule has 0 aliphatic carbocycles. The molecule has 2 bridgehead atoms. The van der Waals surface area contributed by atoms with E-state index < -0.39 is 40.2 Å². The fourth-order valence-corrected chi connectivity index (χ4v) is 4.22. The molecule has 0 spiro atoms. The SMILES string of the molecule is Cc1ccc(CNC(=O)c2cn3c(c(O)c2=O)C(=O)N2C[C@@H]3[C@H](Cl)C=C[C@@H]2C)c(F)c1. The summed E-state index contributed by atoms with van der Waals surface area (Å²) in [7, 11) is 0. The number of hydrogen-bond acceptors (Lipinski definition) is 4. The highest BCUT2D eigenvalue weighted by Crippen LogP contribution is 2.34. The maximum absolute atomic E-state index is 14.0. The number of aromatic nitrogens is 1. The summed E-state index contributed by atoms with van der Waals surface area (Å²) in [6.07, 6.45) is 4.80. The number of amides is 2. The second kappa shape index (κ2) is 7.85. The molecule has 7 nitrogen and oxygen atoms in total. The zero-order valence-electron chi connectivity index (χ0n) is 16.9. The summed E-state index contributed by atoms with van der Waals surface area (Å²) >= 11 is 6.48.